The smallest absolute Gasteiger partial charge is 0.231 e. The van der Waals surface area contributed by atoms with Crippen molar-refractivity contribution in [3.05, 3.63) is 42.5 Å². The summed E-state index contributed by atoms with van der Waals surface area (Å²) in [5.74, 6) is 0.155. The van der Waals surface area contributed by atoms with Crippen LogP contribution in [0.25, 0.3) is 10.8 Å². The quantitative estimate of drug-likeness (QED) is 0.938. The molecule has 0 saturated heterocycles. The number of rotatable bonds is 3. The lowest BCUT2D eigenvalue weighted by Gasteiger charge is -2.27. The molecule has 0 heterocycles. The van der Waals surface area contributed by atoms with Crippen LogP contribution in [-0.2, 0) is 4.79 Å². The Balaban J connectivity index is 2.00. The van der Waals surface area contributed by atoms with Crippen molar-refractivity contribution in [2.24, 2.45) is 11.7 Å². The molecule has 2 aromatic rings. The van der Waals surface area contributed by atoms with E-state index in [1.807, 2.05) is 36.1 Å². The van der Waals surface area contributed by atoms with Gasteiger partial charge in [0.15, 0.2) is 0 Å². The van der Waals surface area contributed by atoms with E-state index in [1.165, 1.54) is 0 Å². The summed E-state index contributed by atoms with van der Waals surface area (Å²) in [6.45, 7) is 2.70. The highest BCUT2D eigenvalue weighted by atomic mass is 16.2. The van der Waals surface area contributed by atoms with Crippen LogP contribution < -0.4 is 10.6 Å². The molecule has 21 heavy (non-hydrogen) atoms. The predicted molar refractivity (Wildman–Crippen MR) is 87.3 cm³/mol. The third kappa shape index (κ3) is 2.54. The number of carbonyl (C=O) groups is 1. The predicted octanol–water partition coefficient (Wildman–Crippen LogP) is 3.32. The van der Waals surface area contributed by atoms with Crippen LogP contribution in [0.5, 0.6) is 0 Å². The second kappa shape index (κ2) is 5.86. The molecule has 2 aromatic carbocycles. The van der Waals surface area contributed by atoms with Gasteiger partial charge >= 0.3 is 0 Å². The maximum Gasteiger partial charge on any atom is 0.231 e. The lowest BCUT2D eigenvalue weighted by atomic mass is 10.0. The van der Waals surface area contributed by atoms with Crippen molar-refractivity contribution in [1.82, 2.24) is 0 Å². The largest absolute Gasteiger partial charge is 0.327 e. The minimum Gasteiger partial charge on any atom is -0.327 e. The van der Waals surface area contributed by atoms with Crippen LogP contribution in [-0.4, -0.2) is 18.5 Å². The Hall–Kier alpha value is -1.87. The number of hydrogen-bond donors (Lipinski definition) is 1. The molecule has 0 aliphatic heterocycles. The summed E-state index contributed by atoms with van der Waals surface area (Å²) in [6, 6.07) is 14.3. The van der Waals surface area contributed by atoms with Crippen molar-refractivity contribution in [1.29, 1.82) is 0 Å². The molecular formula is C18H22N2O. The van der Waals surface area contributed by atoms with Crippen LogP contribution >= 0.6 is 0 Å². The molecular weight excluding hydrogens is 260 g/mol. The zero-order valence-electron chi connectivity index (χ0n) is 12.5. The molecule has 1 fully saturated rings. The van der Waals surface area contributed by atoms with Crippen LogP contribution in [0.15, 0.2) is 42.5 Å². The maximum atomic E-state index is 12.9. The van der Waals surface area contributed by atoms with E-state index in [4.69, 9.17) is 5.73 Å². The van der Waals surface area contributed by atoms with Gasteiger partial charge in [0.2, 0.25) is 5.91 Å². The topological polar surface area (TPSA) is 46.3 Å². The SMILES string of the molecule is CCN(C(=O)C1CCCC1N)c1cccc2ccccc12. The Morgan fingerprint density at radius 3 is 2.67 bits per heavy atom. The number of nitrogens with zero attached hydrogens (tertiary/aromatic N) is 1. The molecule has 110 valence electrons. The van der Waals surface area contributed by atoms with Crippen molar-refractivity contribution in [2.75, 3.05) is 11.4 Å². The molecule has 3 nitrogen and oxygen atoms in total. The van der Waals surface area contributed by atoms with E-state index in [-0.39, 0.29) is 17.9 Å². The minimum absolute atomic E-state index is 0.0153. The van der Waals surface area contributed by atoms with E-state index in [1.54, 1.807) is 0 Å². The molecule has 0 radical (unpaired) electrons. The number of amides is 1. The van der Waals surface area contributed by atoms with Gasteiger partial charge in [0, 0.05) is 18.0 Å². The molecule has 1 saturated carbocycles. The first kappa shape index (κ1) is 14.1. The number of hydrogen-bond acceptors (Lipinski definition) is 2. The maximum absolute atomic E-state index is 12.9. The second-order valence-corrected chi connectivity index (χ2v) is 5.78. The lowest BCUT2D eigenvalue weighted by Crippen LogP contribution is -2.41. The number of anilines is 1. The first-order chi connectivity index (χ1) is 10.2. The van der Waals surface area contributed by atoms with Gasteiger partial charge < -0.3 is 10.6 Å². The van der Waals surface area contributed by atoms with Gasteiger partial charge in [0.05, 0.1) is 11.6 Å². The number of benzene rings is 2. The molecule has 3 heteroatoms. The van der Waals surface area contributed by atoms with Crippen molar-refractivity contribution >= 4 is 22.4 Å². The van der Waals surface area contributed by atoms with Crippen LogP contribution in [0.3, 0.4) is 0 Å². The zero-order valence-corrected chi connectivity index (χ0v) is 12.5. The highest BCUT2D eigenvalue weighted by molar-refractivity contribution is 6.04. The Kier molecular flexibility index (Phi) is 3.93. The van der Waals surface area contributed by atoms with Gasteiger partial charge in [0.25, 0.3) is 0 Å². The standard InChI is InChI=1S/C18H22N2O/c1-2-20(18(21)15-10-6-11-16(15)19)17-12-5-8-13-7-3-4-9-14(13)17/h3-5,7-9,12,15-16H,2,6,10-11,19H2,1H3. The second-order valence-electron chi connectivity index (χ2n) is 5.78. The molecule has 0 spiro atoms. The molecule has 1 aliphatic carbocycles. The molecule has 2 N–H and O–H groups in total. The van der Waals surface area contributed by atoms with Gasteiger partial charge in [-0.05, 0) is 31.2 Å². The van der Waals surface area contributed by atoms with Crippen molar-refractivity contribution < 1.29 is 4.79 Å². The fraction of sp³-hybridized carbons (Fsp3) is 0.389. The summed E-state index contributed by atoms with van der Waals surface area (Å²) < 4.78 is 0. The molecule has 0 aromatic heterocycles. The fourth-order valence-electron chi connectivity index (χ4n) is 3.38. The highest BCUT2D eigenvalue weighted by Crippen LogP contribution is 2.31. The van der Waals surface area contributed by atoms with E-state index in [0.717, 1.165) is 35.7 Å². The van der Waals surface area contributed by atoms with Crippen molar-refractivity contribution in [3.8, 4) is 0 Å². The minimum atomic E-state index is -0.0241. The van der Waals surface area contributed by atoms with Crippen LogP contribution in [0.2, 0.25) is 0 Å². The van der Waals surface area contributed by atoms with Crippen LogP contribution in [0, 0.1) is 5.92 Å². The first-order valence-corrected chi connectivity index (χ1v) is 7.77. The summed E-state index contributed by atoms with van der Waals surface area (Å²) in [6.07, 6.45) is 2.94. The fourth-order valence-corrected chi connectivity index (χ4v) is 3.38. The Labute approximate surface area is 125 Å². The van der Waals surface area contributed by atoms with Gasteiger partial charge in [0.1, 0.15) is 0 Å². The summed E-state index contributed by atoms with van der Waals surface area (Å²) in [4.78, 5) is 14.8. The average molecular weight is 282 g/mol. The third-order valence-corrected chi connectivity index (χ3v) is 4.53. The van der Waals surface area contributed by atoms with E-state index in [0.29, 0.717) is 6.54 Å². The van der Waals surface area contributed by atoms with E-state index >= 15 is 0 Å². The first-order valence-electron chi connectivity index (χ1n) is 7.77. The summed E-state index contributed by atoms with van der Waals surface area (Å²) in [5, 5.41) is 2.29. The molecule has 2 unspecified atom stereocenters. The third-order valence-electron chi connectivity index (χ3n) is 4.53. The normalized spacial score (nSPS) is 21.6. The van der Waals surface area contributed by atoms with Gasteiger partial charge in [-0.15, -0.1) is 0 Å². The Morgan fingerprint density at radius 2 is 1.95 bits per heavy atom. The number of nitrogens with two attached hydrogens (primary N) is 1. The van der Waals surface area contributed by atoms with E-state index in [9.17, 15) is 4.79 Å². The van der Waals surface area contributed by atoms with Gasteiger partial charge in [-0.1, -0.05) is 42.8 Å². The molecule has 1 aliphatic rings. The van der Waals surface area contributed by atoms with Crippen LogP contribution in [0.1, 0.15) is 26.2 Å². The van der Waals surface area contributed by atoms with Gasteiger partial charge in [-0.3, -0.25) is 4.79 Å². The lowest BCUT2D eigenvalue weighted by molar-refractivity contribution is -0.122. The monoisotopic (exact) mass is 282 g/mol. The Morgan fingerprint density at radius 1 is 1.19 bits per heavy atom. The van der Waals surface area contributed by atoms with E-state index in [2.05, 4.69) is 18.2 Å². The average Bonchev–Trinajstić information content (AvgIpc) is 2.94. The van der Waals surface area contributed by atoms with Crippen molar-refractivity contribution in [3.63, 3.8) is 0 Å². The zero-order chi connectivity index (χ0) is 14.8. The summed E-state index contributed by atoms with van der Waals surface area (Å²) in [7, 11) is 0. The van der Waals surface area contributed by atoms with Crippen LogP contribution in [0.4, 0.5) is 5.69 Å². The van der Waals surface area contributed by atoms with Gasteiger partial charge in [-0.25, -0.2) is 0 Å². The van der Waals surface area contributed by atoms with E-state index < -0.39 is 0 Å². The van der Waals surface area contributed by atoms with Crippen molar-refractivity contribution in [2.45, 2.75) is 32.2 Å². The number of fused-ring (bicyclic) bond motifs is 1. The highest BCUT2D eigenvalue weighted by Gasteiger charge is 2.33. The summed E-state index contributed by atoms with van der Waals surface area (Å²) >= 11 is 0. The van der Waals surface area contributed by atoms with Gasteiger partial charge in [-0.2, -0.15) is 0 Å². The number of carbonyl (C=O) groups excluding carboxylic acids is 1. The molecule has 3 rings (SSSR count). The summed E-state index contributed by atoms with van der Waals surface area (Å²) in [5.41, 5.74) is 7.12. The molecule has 0 bridgehead atoms. The molecule has 2 atom stereocenters. The Bertz CT molecular complexity index is 647. The molecule has 1 amide bonds.